The highest BCUT2D eigenvalue weighted by Gasteiger charge is 2.53. The Morgan fingerprint density at radius 3 is 1.93 bits per heavy atom. The smallest absolute Gasteiger partial charge is 0.269 e. The van der Waals surface area contributed by atoms with Gasteiger partial charge in [-0.25, -0.2) is 9.80 Å². The zero-order valence-electron chi connectivity index (χ0n) is 24.5. The lowest BCUT2D eigenvalue weighted by Crippen LogP contribution is -2.51. The van der Waals surface area contributed by atoms with E-state index in [4.69, 9.17) is 23.7 Å². The molecule has 0 saturated carbocycles. The van der Waals surface area contributed by atoms with Crippen molar-refractivity contribution in [2.45, 2.75) is 18.4 Å². The summed E-state index contributed by atoms with van der Waals surface area (Å²) in [6.45, 7) is -0.271. The minimum absolute atomic E-state index is 0.0385. The highest BCUT2D eigenvalue weighted by Crippen LogP contribution is 2.53. The van der Waals surface area contributed by atoms with Crippen LogP contribution in [0.3, 0.4) is 0 Å². The number of hydrogen-bond donors (Lipinski definition) is 1. The normalized spacial score (nSPS) is 18.5. The van der Waals surface area contributed by atoms with E-state index in [-0.39, 0.29) is 63.2 Å². The Balaban J connectivity index is 1.59. The van der Waals surface area contributed by atoms with Gasteiger partial charge in [0.25, 0.3) is 11.8 Å². The summed E-state index contributed by atoms with van der Waals surface area (Å²) in [5.41, 5.74) is 1.40. The fraction of sp³-hybridized carbons (Fsp3) is 0.250. The molecule has 0 bridgehead atoms. The molecule has 2 unspecified atom stereocenters. The van der Waals surface area contributed by atoms with Crippen molar-refractivity contribution in [2.24, 2.45) is 0 Å². The Kier molecular flexibility index (Phi) is 7.01. The quantitative estimate of drug-likeness (QED) is 0.383. The summed E-state index contributed by atoms with van der Waals surface area (Å²) < 4.78 is 27.6. The van der Waals surface area contributed by atoms with Gasteiger partial charge in [-0.2, -0.15) is 0 Å². The summed E-state index contributed by atoms with van der Waals surface area (Å²) >= 11 is 0. The number of hydrogen-bond acceptors (Lipinski definition) is 10. The summed E-state index contributed by atoms with van der Waals surface area (Å²) in [7, 11) is 7.00. The van der Waals surface area contributed by atoms with E-state index < -0.39 is 35.5 Å². The predicted octanol–water partition coefficient (Wildman–Crippen LogP) is 3.30. The molecule has 0 spiro atoms. The third-order valence-electron chi connectivity index (χ3n) is 8.14. The van der Waals surface area contributed by atoms with Crippen LogP contribution in [-0.2, 0) is 20.9 Å². The molecule has 6 rings (SSSR count). The zero-order valence-corrected chi connectivity index (χ0v) is 24.5. The van der Waals surface area contributed by atoms with E-state index in [0.29, 0.717) is 11.3 Å². The molecule has 4 amide bonds. The molecule has 1 N–H and O–H groups in total. The molecule has 1 aliphatic carbocycles. The highest BCUT2D eigenvalue weighted by molar-refractivity contribution is 6.32. The zero-order chi connectivity index (χ0) is 31.4. The number of carbonyl (C=O) groups excluding carboxylic acids is 4. The number of methoxy groups -OCH3 is 5. The van der Waals surface area contributed by atoms with E-state index in [0.717, 1.165) is 9.80 Å². The van der Waals surface area contributed by atoms with E-state index in [1.165, 1.54) is 65.9 Å². The molecule has 12 nitrogen and oxygen atoms in total. The van der Waals surface area contributed by atoms with Crippen LogP contribution in [0.2, 0.25) is 0 Å². The van der Waals surface area contributed by atoms with Gasteiger partial charge >= 0.3 is 0 Å². The van der Waals surface area contributed by atoms with Crippen molar-refractivity contribution < 1.29 is 48.0 Å². The largest absolute Gasteiger partial charge is 0.500 e. The van der Waals surface area contributed by atoms with Gasteiger partial charge in [-0.15, -0.1) is 0 Å². The number of amides is 4. The van der Waals surface area contributed by atoms with Gasteiger partial charge in [-0.05, 0) is 53.1 Å². The van der Waals surface area contributed by atoms with E-state index in [9.17, 15) is 24.3 Å². The monoisotopic (exact) mass is 600 g/mol. The molecule has 44 heavy (non-hydrogen) atoms. The second kappa shape index (κ2) is 10.7. The maximum absolute atomic E-state index is 14.2. The first-order valence-corrected chi connectivity index (χ1v) is 13.5. The van der Waals surface area contributed by atoms with Crippen LogP contribution in [-0.4, -0.2) is 64.3 Å². The number of aliphatic hydroxyl groups excluding tert-OH is 1. The number of carbonyl (C=O) groups is 4. The molecule has 2 heterocycles. The fourth-order valence-electron chi connectivity index (χ4n) is 6.13. The van der Waals surface area contributed by atoms with Gasteiger partial charge in [0.2, 0.25) is 11.8 Å². The molecular formula is C32H28N2O10. The molecule has 0 fully saturated rings. The van der Waals surface area contributed by atoms with Crippen LogP contribution >= 0.6 is 0 Å². The lowest BCUT2D eigenvalue weighted by Gasteiger charge is -2.42. The molecule has 3 aromatic carbocycles. The van der Waals surface area contributed by atoms with Gasteiger partial charge < -0.3 is 28.8 Å². The number of ether oxygens (including phenoxy) is 5. The number of aliphatic hydroxyl groups is 1. The standard InChI is InChI=1S/C32H28N2O10/c1-40-16-7-9-20(22(11-16)42-3)34-30(37)18-13-23(43-4)27-25-17(12-24(44-5)28(26(18)25)32(34)39)29(36)33(31(27)38)19-8-6-15(14-35)10-21(19)41-2/h6-13,17,28,35H,14H2,1-5H3. The van der Waals surface area contributed by atoms with Crippen LogP contribution in [0.4, 0.5) is 11.4 Å². The number of anilines is 2. The lowest BCUT2D eigenvalue weighted by atomic mass is 9.71. The molecule has 0 saturated heterocycles. The summed E-state index contributed by atoms with van der Waals surface area (Å²) in [4.78, 5) is 58.7. The molecule has 2 aliphatic heterocycles. The van der Waals surface area contributed by atoms with Crippen molar-refractivity contribution in [3.05, 3.63) is 82.1 Å². The maximum Gasteiger partial charge on any atom is 0.269 e. The summed E-state index contributed by atoms with van der Waals surface area (Å²) in [6, 6.07) is 10.7. The van der Waals surface area contributed by atoms with Crippen molar-refractivity contribution in [3.63, 3.8) is 0 Å². The van der Waals surface area contributed by atoms with Crippen LogP contribution in [0.25, 0.3) is 0 Å². The number of nitrogens with zero attached hydrogens (tertiary/aromatic N) is 2. The van der Waals surface area contributed by atoms with Crippen molar-refractivity contribution in [3.8, 4) is 23.0 Å². The second-order valence-electron chi connectivity index (χ2n) is 10.2. The van der Waals surface area contributed by atoms with Crippen molar-refractivity contribution >= 4 is 35.0 Å². The van der Waals surface area contributed by atoms with E-state index in [2.05, 4.69) is 0 Å². The van der Waals surface area contributed by atoms with E-state index in [1.54, 1.807) is 18.2 Å². The third-order valence-corrected chi connectivity index (χ3v) is 8.14. The highest BCUT2D eigenvalue weighted by atomic mass is 16.5. The van der Waals surface area contributed by atoms with Crippen molar-refractivity contribution in [1.82, 2.24) is 0 Å². The number of benzene rings is 3. The molecule has 3 aromatic rings. The Morgan fingerprint density at radius 1 is 0.682 bits per heavy atom. The van der Waals surface area contributed by atoms with Crippen molar-refractivity contribution in [1.29, 1.82) is 0 Å². The Morgan fingerprint density at radius 2 is 1.32 bits per heavy atom. The van der Waals surface area contributed by atoms with Gasteiger partial charge in [0, 0.05) is 11.6 Å². The second-order valence-corrected chi connectivity index (χ2v) is 10.2. The number of imide groups is 2. The molecule has 226 valence electrons. The van der Waals surface area contributed by atoms with Gasteiger partial charge in [-0.1, -0.05) is 6.07 Å². The fourth-order valence-corrected chi connectivity index (χ4v) is 6.13. The van der Waals surface area contributed by atoms with Gasteiger partial charge in [0.1, 0.15) is 34.7 Å². The molecule has 0 radical (unpaired) electrons. The third kappa shape index (κ3) is 3.94. The first-order valence-electron chi connectivity index (χ1n) is 13.5. The maximum atomic E-state index is 14.2. The van der Waals surface area contributed by atoms with E-state index >= 15 is 0 Å². The Labute approximate surface area is 251 Å². The Bertz CT molecular complexity index is 1800. The predicted molar refractivity (Wildman–Crippen MR) is 156 cm³/mol. The van der Waals surface area contributed by atoms with Crippen LogP contribution in [0.15, 0.2) is 54.3 Å². The summed E-state index contributed by atoms with van der Waals surface area (Å²) in [5, 5.41) is 9.59. The molecule has 3 aliphatic rings. The minimum atomic E-state index is -1.14. The average molecular weight is 601 g/mol. The average Bonchev–Trinajstić information content (AvgIpc) is 3.05. The van der Waals surface area contributed by atoms with Crippen molar-refractivity contribution in [2.75, 3.05) is 45.3 Å². The Hall–Kier alpha value is -5.36. The summed E-state index contributed by atoms with van der Waals surface area (Å²) in [6.07, 6.45) is 1.49. The van der Waals surface area contributed by atoms with Crippen LogP contribution in [0.1, 0.15) is 49.2 Å². The van der Waals surface area contributed by atoms with Crippen LogP contribution in [0, 0.1) is 0 Å². The van der Waals surface area contributed by atoms with Gasteiger partial charge in [0.05, 0.1) is 65.0 Å². The first-order chi connectivity index (χ1) is 21.2. The van der Waals surface area contributed by atoms with E-state index in [1.807, 2.05) is 0 Å². The SMILES string of the molecule is COC1=CC2C(=O)N(c3ccc(CO)cc3OC)C(=O)c3c(OC)cc4c(c32)C1C(=O)N(c1ccc(OC)cc1OC)C4=O. The first kappa shape index (κ1) is 28.7. The molecule has 12 heteroatoms. The minimum Gasteiger partial charge on any atom is -0.500 e. The number of rotatable bonds is 8. The van der Waals surface area contributed by atoms with Crippen LogP contribution < -0.4 is 28.7 Å². The summed E-state index contributed by atoms with van der Waals surface area (Å²) in [5.74, 6) is -3.86. The molecular weight excluding hydrogens is 572 g/mol. The van der Waals surface area contributed by atoms with Gasteiger partial charge in [0.15, 0.2) is 0 Å². The molecule has 0 aromatic heterocycles. The molecule has 2 atom stereocenters. The van der Waals surface area contributed by atoms with Gasteiger partial charge in [-0.3, -0.25) is 19.2 Å². The van der Waals surface area contributed by atoms with Crippen LogP contribution in [0.5, 0.6) is 23.0 Å². The topological polar surface area (TPSA) is 141 Å². The lowest BCUT2D eigenvalue weighted by molar-refractivity contribution is -0.121.